The maximum Gasteiger partial charge on any atom is 0.235 e. The fourth-order valence-corrected chi connectivity index (χ4v) is 2.02. The molecule has 0 aliphatic carbocycles. The minimum atomic E-state index is -0.698. The number of hydrogen-bond donors (Lipinski definition) is 2. The smallest absolute Gasteiger partial charge is 0.235 e. The van der Waals surface area contributed by atoms with Crippen LogP contribution >= 0.6 is 34.8 Å². The third kappa shape index (κ3) is 5.59. The summed E-state index contributed by atoms with van der Waals surface area (Å²) in [6.45, 7) is 0.148. The second-order valence-electron chi connectivity index (χ2n) is 3.57. The molecule has 1 atom stereocenters. The van der Waals surface area contributed by atoms with Gasteiger partial charge in [0.2, 0.25) is 5.91 Å². The normalized spacial score (nSPS) is 12.2. The van der Waals surface area contributed by atoms with Crippen LogP contribution in [0.3, 0.4) is 0 Å². The lowest BCUT2D eigenvalue weighted by Crippen LogP contribution is -2.33. The maximum atomic E-state index is 10.9. The number of hydrogen-bond acceptors (Lipinski definition) is 2. The van der Waals surface area contributed by atoms with E-state index >= 15 is 0 Å². The van der Waals surface area contributed by atoms with Crippen molar-refractivity contribution in [3.63, 3.8) is 0 Å². The van der Waals surface area contributed by atoms with E-state index in [-0.39, 0.29) is 18.3 Å². The number of alkyl halides is 1. The highest BCUT2D eigenvalue weighted by atomic mass is 35.5. The summed E-state index contributed by atoms with van der Waals surface area (Å²) in [5.74, 6) is -0.426. The molecule has 0 bridgehead atoms. The molecule has 0 radical (unpaired) electrons. The largest absolute Gasteiger partial charge is 0.391 e. The van der Waals surface area contributed by atoms with Gasteiger partial charge in [0.1, 0.15) is 5.88 Å². The predicted octanol–water partition coefficient (Wildman–Crippen LogP) is 2.25. The summed E-state index contributed by atoms with van der Waals surface area (Å²) in [6.07, 6.45) is -0.334. The van der Waals surface area contributed by atoms with Gasteiger partial charge in [0, 0.05) is 23.0 Å². The molecular formula is C11H12Cl3NO2. The van der Waals surface area contributed by atoms with Crippen molar-refractivity contribution in [1.82, 2.24) is 5.32 Å². The van der Waals surface area contributed by atoms with Crippen molar-refractivity contribution in [2.75, 3.05) is 12.4 Å². The van der Waals surface area contributed by atoms with Crippen LogP contribution in [0.4, 0.5) is 0 Å². The van der Waals surface area contributed by atoms with E-state index in [1.165, 1.54) is 0 Å². The van der Waals surface area contributed by atoms with Crippen molar-refractivity contribution in [2.45, 2.75) is 12.5 Å². The Balaban J connectivity index is 2.50. The highest BCUT2D eigenvalue weighted by molar-refractivity contribution is 6.34. The molecule has 0 heterocycles. The Bertz CT molecular complexity index is 378. The molecule has 1 aromatic rings. The first-order valence-corrected chi connectivity index (χ1v) is 6.26. The first kappa shape index (κ1) is 14.6. The van der Waals surface area contributed by atoms with Gasteiger partial charge in [-0.05, 0) is 23.8 Å². The van der Waals surface area contributed by atoms with E-state index in [9.17, 15) is 9.90 Å². The van der Waals surface area contributed by atoms with Gasteiger partial charge >= 0.3 is 0 Å². The van der Waals surface area contributed by atoms with E-state index in [2.05, 4.69) is 5.32 Å². The monoisotopic (exact) mass is 295 g/mol. The quantitative estimate of drug-likeness (QED) is 0.819. The zero-order valence-electron chi connectivity index (χ0n) is 8.92. The van der Waals surface area contributed by atoms with Crippen LogP contribution in [0.25, 0.3) is 0 Å². The number of rotatable bonds is 5. The van der Waals surface area contributed by atoms with Gasteiger partial charge in [-0.15, -0.1) is 11.6 Å². The third-order valence-corrected chi connectivity index (χ3v) is 2.73. The van der Waals surface area contributed by atoms with E-state index in [4.69, 9.17) is 34.8 Å². The minimum Gasteiger partial charge on any atom is -0.391 e. The van der Waals surface area contributed by atoms with Crippen LogP contribution in [-0.2, 0) is 11.2 Å². The topological polar surface area (TPSA) is 49.3 Å². The molecule has 0 aromatic heterocycles. The van der Waals surface area contributed by atoms with E-state index < -0.39 is 6.10 Å². The molecule has 0 aliphatic heterocycles. The molecule has 1 rings (SSSR count). The predicted molar refractivity (Wildman–Crippen MR) is 69.9 cm³/mol. The standard InChI is InChI=1S/C11H12Cl3NO2/c12-5-11(17)15-6-10(16)3-7-1-8(13)4-9(14)2-7/h1-2,4,10,16H,3,5-6H2,(H,15,17). The maximum absolute atomic E-state index is 10.9. The average molecular weight is 297 g/mol. The minimum absolute atomic E-state index is 0.115. The number of nitrogens with one attached hydrogen (secondary N) is 1. The average Bonchev–Trinajstić information content (AvgIpc) is 2.24. The van der Waals surface area contributed by atoms with E-state index in [0.717, 1.165) is 5.56 Å². The van der Waals surface area contributed by atoms with Crippen molar-refractivity contribution < 1.29 is 9.90 Å². The molecule has 0 saturated carbocycles. The van der Waals surface area contributed by atoms with Crippen molar-refractivity contribution in [1.29, 1.82) is 0 Å². The molecule has 0 spiro atoms. The van der Waals surface area contributed by atoms with Gasteiger partial charge in [-0.3, -0.25) is 4.79 Å². The number of carbonyl (C=O) groups excluding carboxylic acids is 1. The molecule has 3 nitrogen and oxygen atoms in total. The van der Waals surface area contributed by atoms with E-state index in [0.29, 0.717) is 16.5 Å². The highest BCUT2D eigenvalue weighted by Gasteiger charge is 2.08. The lowest BCUT2D eigenvalue weighted by molar-refractivity contribution is -0.119. The highest BCUT2D eigenvalue weighted by Crippen LogP contribution is 2.19. The Morgan fingerprint density at radius 3 is 2.41 bits per heavy atom. The van der Waals surface area contributed by atoms with Crippen molar-refractivity contribution in [3.05, 3.63) is 33.8 Å². The molecule has 0 aliphatic rings. The summed E-state index contributed by atoms with van der Waals surface area (Å²) >= 11 is 17.0. The van der Waals surface area contributed by atoms with Gasteiger partial charge in [0.25, 0.3) is 0 Å². The Morgan fingerprint density at radius 2 is 1.88 bits per heavy atom. The van der Waals surface area contributed by atoms with Crippen LogP contribution < -0.4 is 5.32 Å². The summed E-state index contributed by atoms with van der Waals surface area (Å²) in [5.41, 5.74) is 0.815. The van der Waals surface area contributed by atoms with Gasteiger partial charge in [0.05, 0.1) is 6.10 Å². The second-order valence-corrected chi connectivity index (χ2v) is 4.71. The van der Waals surface area contributed by atoms with Crippen LogP contribution in [0, 0.1) is 0 Å². The summed E-state index contributed by atoms with van der Waals surface area (Å²) in [7, 11) is 0. The zero-order chi connectivity index (χ0) is 12.8. The molecule has 1 amide bonds. The summed E-state index contributed by atoms with van der Waals surface area (Å²) in [5, 5.41) is 13.2. The van der Waals surface area contributed by atoms with Crippen molar-refractivity contribution in [3.8, 4) is 0 Å². The van der Waals surface area contributed by atoms with Crippen LogP contribution in [-0.4, -0.2) is 29.5 Å². The first-order chi connectivity index (χ1) is 8.01. The van der Waals surface area contributed by atoms with Crippen molar-refractivity contribution in [2.24, 2.45) is 0 Å². The summed E-state index contributed by atoms with van der Waals surface area (Å²) in [4.78, 5) is 10.9. The van der Waals surface area contributed by atoms with Gasteiger partial charge in [-0.2, -0.15) is 0 Å². The molecule has 0 fully saturated rings. The van der Waals surface area contributed by atoms with Crippen LogP contribution in [0.15, 0.2) is 18.2 Å². The van der Waals surface area contributed by atoms with Gasteiger partial charge in [-0.1, -0.05) is 23.2 Å². The van der Waals surface area contributed by atoms with Gasteiger partial charge in [-0.25, -0.2) is 0 Å². The van der Waals surface area contributed by atoms with Crippen molar-refractivity contribution >= 4 is 40.7 Å². The molecule has 17 heavy (non-hydrogen) atoms. The first-order valence-electron chi connectivity index (χ1n) is 4.97. The molecule has 94 valence electrons. The molecule has 1 unspecified atom stereocenters. The summed E-state index contributed by atoms with van der Waals surface area (Å²) in [6, 6.07) is 5.06. The molecule has 1 aromatic carbocycles. The Morgan fingerprint density at radius 1 is 1.29 bits per heavy atom. The number of aliphatic hydroxyl groups is 1. The van der Waals surface area contributed by atoms with E-state index in [1.807, 2.05) is 0 Å². The van der Waals surface area contributed by atoms with Gasteiger partial charge < -0.3 is 10.4 Å². The zero-order valence-corrected chi connectivity index (χ0v) is 11.2. The Labute approximate surface area is 115 Å². The lowest BCUT2D eigenvalue weighted by atomic mass is 10.1. The number of aliphatic hydroxyl groups excluding tert-OH is 1. The molecule has 0 saturated heterocycles. The van der Waals surface area contributed by atoms with Crippen LogP contribution in [0.1, 0.15) is 5.56 Å². The SMILES string of the molecule is O=C(CCl)NCC(O)Cc1cc(Cl)cc(Cl)c1. The summed E-state index contributed by atoms with van der Waals surface area (Å²) < 4.78 is 0. The number of benzene rings is 1. The number of carbonyl (C=O) groups is 1. The molecule has 2 N–H and O–H groups in total. The Kier molecular flexibility index (Phi) is 6.06. The van der Waals surface area contributed by atoms with Crippen LogP contribution in [0.5, 0.6) is 0 Å². The fourth-order valence-electron chi connectivity index (χ4n) is 1.35. The second kappa shape index (κ2) is 7.07. The van der Waals surface area contributed by atoms with Crippen LogP contribution in [0.2, 0.25) is 10.0 Å². The molecule has 6 heteroatoms. The van der Waals surface area contributed by atoms with Gasteiger partial charge in [0.15, 0.2) is 0 Å². The van der Waals surface area contributed by atoms with E-state index in [1.54, 1.807) is 18.2 Å². The Hall–Kier alpha value is -0.480. The third-order valence-electron chi connectivity index (χ3n) is 2.05. The number of halogens is 3. The number of amides is 1. The molecular weight excluding hydrogens is 284 g/mol. The lowest BCUT2D eigenvalue weighted by Gasteiger charge is -2.11. The fraction of sp³-hybridized carbons (Fsp3) is 0.364.